The van der Waals surface area contributed by atoms with Crippen molar-refractivity contribution >= 4 is 22.6 Å². The van der Waals surface area contributed by atoms with Crippen LogP contribution >= 0.6 is 0 Å². The zero-order valence-corrected chi connectivity index (χ0v) is 20.5. The molecule has 0 saturated heterocycles. The highest BCUT2D eigenvalue weighted by Crippen LogP contribution is 2.56. The van der Waals surface area contributed by atoms with Crippen molar-refractivity contribution < 1.29 is 4.79 Å². The molecule has 4 heteroatoms. The van der Waals surface area contributed by atoms with E-state index in [0.29, 0.717) is 16.8 Å². The van der Waals surface area contributed by atoms with Crippen LogP contribution in [0.5, 0.6) is 0 Å². The summed E-state index contributed by atoms with van der Waals surface area (Å²) >= 11 is 0. The van der Waals surface area contributed by atoms with E-state index in [0.717, 1.165) is 35.6 Å². The zero-order valence-electron chi connectivity index (χ0n) is 20.5. The average Bonchev–Trinajstić information content (AvgIpc) is 3.59. The highest BCUT2D eigenvalue weighted by atomic mass is 16.1. The van der Waals surface area contributed by atoms with Gasteiger partial charge in [-0.2, -0.15) is 0 Å². The second-order valence-electron chi connectivity index (χ2n) is 11.1. The predicted octanol–water partition coefficient (Wildman–Crippen LogP) is 7.47. The Hall–Kier alpha value is -3.06. The highest BCUT2D eigenvalue weighted by Gasteiger charge is 2.49. The third kappa shape index (κ3) is 3.96. The lowest BCUT2D eigenvalue weighted by atomic mass is 9.53. The van der Waals surface area contributed by atoms with Gasteiger partial charge in [0, 0.05) is 22.4 Å². The van der Waals surface area contributed by atoms with Gasteiger partial charge in [-0.25, -0.2) is 0 Å². The molecule has 0 spiro atoms. The quantitative estimate of drug-likeness (QED) is 0.386. The van der Waals surface area contributed by atoms with Crippen LogP contribution in [0.1, 0.15) is 85.7 Å². The Morgan fingerprint density at radius 3 is 2.51 bits per heavy atom. The van der Waals surface area contributed by atoms with Gasteiger partial charge in [0.05, 0.1) is 0 Å². The normalized spacial score (nSPS) is 26.8. The lowest BCUT2D eigenvalue weighted by Crippen LogP contribution is -2.48. The summed E-state index contributed by atoms with van der Waals surface area (Å²) in [5.41, 5.74) is 5.20. The van der Waals surface area contributed by atoms with E-state index >= 15 is 0 Å². The van der Waals surface area contributed by atoms with Crippen molar-refractivity contribution in [3.05, 3.63) is 76.6 Å². The van der Waals surface area contributed by atoms with Crippen molar-refractivity contribution in [2.45, 2.75) is 82.1 Å². The predicted molar refractivity (Wildman–Crippen MR) is 141 cm³/mol. The molecule has 0 aliphatic heterocycles. The molecule has 3 aliphatic rings. The van der Waals surface area contributed by atoms with Crippen molar-refractivity contribution in [1.29, 1.82) is 0 Å². The molecular formula is C31H35N3O. The Labute approximate surface area is 208 Å². The molecule has 1 unspecified atom stereocenters. The second-order valence-corrected chi connectivity index (χ2v) is 11.1. The van der Waals surface area contributed by atoms with Crippen LogP contribution in [-0.4, -0.2) is 16.9 Å². The van der Waals surface area contributed by atoms with E-state index < -0.39 is 0 Å². The number of benzene rings is 2. The van der Waals surface area contributed by atoms with E-state index in [9.17, 15) is 4.79 Å². The van der Waals surface area contributed by atoms with Crippen molar-refractivity contribution in [1.82, 2.24) is 10.3 Å². The summed E-state index contributed by atoms with van der Waals surface area (Å²) in [4.78, 5) is 19.6. The van der Waals surface area contributed by atoms with Gasteiger partial charge in [0.15, 0.2) is 0 Å². The number of nitrogens with one attached hydrogen (secondary N) is 2. The average molecular weight is 466 g/mol. The summed E-state index contributed by atoms with van der Waals surface area (Å²) < 4.78 is 0. The van der Waals surface area contributed by atoms with Gasteiger partial charge in [-0.15, -0.1) is 0 Å². The lowest BCUT2D eigenvalue weighted by Gasteiger charge is -2.51. The van der Waals surface area contributed by atoms with E-state index in [4.69, 9.17) is 6.57 Å². The summed E-state index contributed by atoms with van der Waals surface area (Å²) in [6.45, 7) is 7.20. The molecule has 3 aliphatic carbocycles. The van der Waals surface area contributed by atoms with Gasteiger partial charge < -0.3 is 15.1 Å². The number of fused-ring (bicyclic) bond motifs is 2. The molecule has 2 fully saturated rings. The summed E-state index contributed by atoms with van der Waals surface area (Å²) in [6, 6.07) is 17.1. The molecule has 1 heterocycles. The van der Waals surface area contributed by atoms with E-state index in [1.54, 1.807) is 11.1 Å². The fourth-order valence-electron chi connectivity index (χ4n) is 7.86. The third-order valence-electron chi connectivity index (χ3n) is 9.42. The van der Waals surface area contributed by atoms with Crippen LogP contribution in [0.4, 0.5) is 5.82 Å². The number of carbonyl (C=O) groups excluding carboxylic acids is 1. The molecule has 4 nitrogen and oxygen atoms in total. The number of hydrogen-bond acceptors (Lipinski definition) is 1. The van der Waals surface area contributed by atoms with Gasteiger partial charge in [-0.05, 0) is 105 Å². The summed E-state index contributed by atoms with van der Waals surface area (Å²) in [5.74, 6) is 2.07. The van der Waals surface area contributed by atoms with Crippen LogP contribution in [0.25, 0.3) is 15.7 Å². The van der Waals surface area contributed by atoms with E-state index in [1.165, 1.54) is 57.8 Å². The van der Waals surface area contributed by atoms with Gasteiger partial charge in [0.2, 0.25) is 5.82 Å². The summed E-state index contributed by atoms with van der Waals surface area (Å²) in [6.07, 6.45) is 14.0. The fourth-order valence-corrected chi connectivity index (χ4v) is 7.86. The summed E-state index contributed by atoms with van der Waals surface area (Å²) in [7, 11) is 0. The first-order valence-corrected chi connectivity index (χ1v) is 13.6. The second kappa shape index (κ2) is 9.19. The minimum Gasteiger partial charge on any atom is -0.364 e. The Morgan fingerprint density at radius 2 is 1.71 bits per heavy atom. The molecule has 2 aromatic carbocycles. The molecule has 2 N–H and O–H groups in total. The van der Waals surface area contributed by atoms with Crippen molar-refractivity contribution in [3.63, 3.8) is 0 Å². The molecule has 1 aromatic heterocycles. The maximum atomic E-state index is 13.1. The monoisotopic (exact) mass is 465 g/mol. The number of nitrogens with zero attached hydrogens (tertiary/aromatic N) is 1. The number of H-pyrrole nitrogens is 1. The van der Waals surface area contributed by atoms with Gasteiger partial charge in [-0.1, -0.05) is 43.7 Å². The van der Waals surface area contributed by atoms with E-state index in [1.807, 2.05) is 24.3 Å². The molecule has 1 amide bonds. The number of aromatic amines is 1. The number of carbonyl (C=O) groups is 1. The minimum absolute atomic E-state index is 0.00873. The Balaban J connectivity index is 1.17. The molecule has 0 bridgehead atoms. The first-order valence-electron chi connectivity index (χ1n) is 13.6. The standard InChI is InChI=1S/C31H35N3O/c1-32-29-20-23-19-22(12-17-28(23)34-29)30(35)33-26-15-13-25(14-16-26)31(24-9-3-4-10-24)18-6-8-21-7-2-5-11-27(21)31/h2,5,7,11-12,17,19-20,24-26,34H,3-4,6,8-10,13-16,18H2,(H,33,35). The van der Waals surface area contributed by atoms with Gasteiger partial charge in [0.25, 0.3) is 5.91 Å². The van der Waals surface area contributed by atoms with Crippen LogP contribution in [0.15, 0.2) is 48.5 Å². The Morgan fingerprint density at radius 1 is 0.943 bits per heavy atom. The lowest BCUT2D eigenvalue weighted by molar-refractivity contribution is 0.0840. The smallest absolute Gasteiger partial charge is 0.251 e. The van der Waals surface area contributed by atoms with Crippen LogP contribution in [0.3, 0.4) is 0 Å². The first-order chi connectivity index (χ1) is 17.2. The molecule has 0 radical (unpaired) electrons. The van der Waals surface area contributed by atoms with Crippen molar-refractivity contribution in [3.8, 4) is 0 Å². The largest absolute Gasteiger partial charge is 0.364 e. The molecular weight excluding hydrogens is 430 g/mol. The zero-order chi connectivity index (χ0) is 23.8. The number of rotatable bonds is 4. The maximum absolute atomic E-state index is 13.1. The molecule has 180 valence electrons. The van der Waals surface area contributed by atoms with Crippen molar-refractivity contribution in [2.75, 3.05) is 0 Å². The number of aryl methyl sites for hydroxylation is 1. The van der Waals surface area contributed by atoms with Crippen molar-refractivity contribution in [2.24, 2.45) is 11.8 Å². The fraction of sp³-hybridized carbons (Fsp3) is 0.484. The molecule has 6 rings (SSSR count). The minimum atomic E-state index is 0.00873. The molecule has 35 heavy (non-hydrogen) atoms. The van der Waals surface area contributed by atoms with Gasteiger partial charge in [-0.3, -0.25) is 4.79 Å². The topological polar surface area (TPSA) is 49.2 Å². The van der Waals surface area contributed by atoms with Crippen LogP contribution < -0.4 is 5.32 Å². The molecule has 1 atom stereocenters. The van der Waals surface area contributed by atoms with Gasteiger partial charge in [0.1, 0.15) is 5.52 Å². The maximum Gasteiger partial charge on any atom is 0.251 e. The van der Waals surface area contributed by atoms with Crippen LogP contribution in [0.2, 0.25) is 0 Å². The SMILES string of the molecule is [C-]#[N+]c1cc2cc(C(=O)NC3CCC(C4(C5CCCC5)CCCc5ccccc54)CC3)ccc2[nH]1. The first kappa shape index (κ1) is 22.4. The van der Waals surface area contributed by atoms with E-state index in [-0.39, 0.29) is 11.9 Å². The Bertz CT molecular complexity index is 1270. The number of amides is 1. The Kier molecular flexibility index (Phi) is 5.88. The third-order valence-corrected chi connectivity index (χ3v) is 9.42. The summed E-state index contributed by atoms with van der Waals surface area (Å²) in [5, 5.41) is 4.25. The molecule has 2 saturated carbocycles. The number of hydrogen-bond donors (Lipinski definition) is 2. The van der Waals surface area contributed by atoms with E-state index in [2.05, 4.69) is 39.4 Å². The van der Waals surface area contributed by atoms with Crippen LogP contribution in [-0.2, 0) is 11.8 Å². The molecule has 3 aromatic rings. The van der Waals surface area contributed by atoms with Crippen LogP contribution in [0, 0.1) is 18.4 Å². The highest BCUT2D eigenvalue weighted by molar-refractivity contribution is 5.98. The van der Waals surface area contributed by atoms with Gasteiger partial charge >= 0.3 is 0 Å². The number of aromatic nitrogens is 1.